The second-order valence-electron chi connectivity index (χ2n) is 12.6. The molecule has 5 heteroatoms. The van der Waals surface area contributed by atoms with E-state index in [0.717, 1.165) is 39.1 Å². The Kier molecular flexibility index (Phi) is 5.76. The number of epoxide rings is 1. The van der Waals surface area contributed by atoms with Crippen LogP contribution in [0.2, 0.25) is 0 Å². The van der Waals surface area contributed by atoms with Gasteiger partial charge < -0.3 is 9.47 Å². The van der Waals surface area contributed by atoms with Crippen LogP contribution in [0.5, 0.6) is 0 Å². The van der Waals surface area contributed by atoms with Gasteiger partial charge in [-0.15, -0.1) is 0 Å². The Balaban J connectivity index is 1.05. The number of hydrogen-bond acceptors (Lipinski definition) is 5. The number of benzene rings is 2. The molecule has 0 aromatic heterocycles. The third kappa shape index (κ3) is 3.72. The monoisotopic (exact) mass is 500 g/mol. The summed E-state index contributed by atoms with van der Waals surface area (Å²) in [7, 11) is 0. The molecule has 7 rings (SSSR count). The minimum atomic E-state index is -0.0568. The van der Waals surface area contributed by atoms with E-state index in [0.29, 0.717) is 5.92 Å². The number of nitrogens with zero attached hydrogens (tertiary/aromatic N) is 2. The van der Waals surface area contributed by atoms with Crippen LogP contribution < -0.4 is 0 Å². The van der Waals surface area contributed by atoms with E-state index >= 15 is 0 Å². The minimum Gasteiger partial charge on any atom is -0.462 e. The van der Waals surface area contributed by atoms with E-state index in [1.54, 1.807) is 0 Å². The molecule has 0 bridgehead atoms. The van der Waals surface area contributed by atoms with E-state index in [-0.39, 0.29) is 47.1 Å². The van der Waals surface area contributed by atoms with Gasteiger partial charge >= 0.3 is 5.97 Å². The molecule has 3 heterocycles. The number of ether oxygens (including phenoxy) is 2. The van der Waals surface area contributed by atoms with Gasteiger partial charge in [-0.1, -0.05) is 80.9 Å². The van der Waals surface area contributed by atoms with Crippen LogP contribution in [-0.4, -0.2) is 66.3 Å². The molecule has 2 aromatic rings. The Labute approximate surface area is 221 Å². The van der Waals surface area contributed by atoms with Crippen LogP contribution in [0.25, 0.3) is 0 Å². The molecule has 3 aliphatic heterocycles. The van der Waals surface area contributed by atoms with Crippen LogP contribution in [0.15, 0.2) is 60.7 Å². The van der Waals surface area contributed by atoms with Crippen LogP contribution in [0.3, 0.4) is 0 Å². The van der Waals surface area contributed by atoms with Crippen molar-refractivity contribution in [1.29, 1.82) is 0 Å². The maximum atomic E-state index is 13.2. The molecule has 0 N–H and O–H groups in total. The summed E-state index contributed by atoms with van der Waals surface area (Å²) in [4.78, 5) is 18.3. The predicted molar refractivity (Wildman–Crippen MR) is 143 cm³/mol. The molecule has 2 aromatic carbocycles. The average molecular weight is 501 g/mol. The number of esters is 1. The van der Waals surface area contributed by atoms with Crippen molar-refractivity contribution in [2.75, 3.05) is 32.7 Å². The zero-order chi connectivity index (χ0) is 25.2. The fraction of sp³-hybridized carbons (Fsp3) is 0.594. The quantitative estimate of drug-likeness (QED) is 0.431. The molecule has 196 valence electrons. The van der Waals surface area contributed by atoms with E-state index in [2.05, 4.69) is 84.3 Å². The van der Waals surface area contributed by atoms with Gasteiger partial charge in [-0.05, 0) is 36.3 Å². The number of rotatable bonds is 5. The molecule has 5 fully saturated rings. The van der Waals surface area contributed by atoms with Crippen molar-refractivity contribution in [3.8, 4) is 0 Å². The predicted octanol–water partition coefficient (Wildman–Crippen LogP) is 4.92. The summed E-state index contributed by atoms with van der Waals surface area (Å²) in [5, 5.41) is 0. The lowest BCUT2D eigenvalue weighted by molar-refractivity contribution is -0.146. The third-order valence-corrected chi connectivity index (χ3v) is 10.7. The summed E-state index contributed by atoms with van der Waals surface area (Å²) in [6, 6.07) is 22.0. The van der Waals surface area contributed by atoms with Gasteiger partial charge in [-0.3, -0.25) is 14.6 Å². The molecule has 5 nitrogen and oxygen atoms in total. The Hall–Kier alpha value is -2.21. The number of hydrogen-bond donors (Lipinski definition) is 0. The lowest BCUT2D eigenvalue weighted by Crippen LogP contribution is -2.55. The first-order chi connectivity index (χ1) is 18.0. The fourth-order valence-corrected chi connectivity index (χ4v) is 8.81. The first-order valence-corrected chi connectivity index (χ1v) is 14.4. The molecule has 2 saturated carbocycles. The van der Waals surface area contributed by atoms with Crippen LogP contribution in [0.1, 0.15) is 56.7 Å². The molecule has 7 atom stereocenters. The van der Waals surface area contributed by atoms with Gasteiger partial charge in [0.25, 0.3) is 0 Å². The van der Waals surface area contributed by atoms with Crippen molar-refractivity contribution in [1.82, 2.24) is 9.80 Å². The highest BCUT2D eigenvalue weighted by molar-refractivity contribution is 5.76. The molecule has 0 unspecified atom stereocenters. The zero-order valence-corrected chi connectivity index (χ0v) is 22.2. The zero-order valence-electron chi connectivity index (χ0n) is 22.2. The molecule has 3 saturated heterocycles. The summed E-state index contributed by atoms with van der Waals surface area (Å²) >= 11 is 0. The molecule has 0 radical (unpaired) electrons. The summed E-state index contributed by atoms with van der Waals surface area (Å²) in [6.07, 6.45) is 4.92. The molecule has 0 amide bonds. The van der Waals surface area contributed by atoms with Gasteiger partial charge in [-0.25, -0.2) is 0 Å². The molecule has 2 aliphatic carbocycles. The standard InChI is InChI=1S/C32H40N2O3/c1-22-10-9-15-31(2)20-26-27(29-32(22,31)37-29)25(30(35)36-26)21-33-16-18-34(19-17-33)28(23-11-5-3-6-12-23)24-13-7-4-8-14-24/h3-8,11-14,22,25-29H,9-10,15-21H2,1-2H3/t22-,25+,26+,27+,29-,31+,32-/m0/s1. The normalized spacial score (nSPS) is 39.5. The van der Waals surface area contributed by atoms with Gasteiger partial charge in [0.05, 0.1) is 18.1 Å². The van der Waals surface area contributed by atoms with Crippen molar-refractivity contribution in [3.63, 3.8) is 0 Å². The number of fused-ring (bicyclic) bond motifs is 2. The number of carbonyl (C=O) groups excluding carboxylic acids is 1. The third-order valence-electron chi connectivity index (χ3n) is 10.7. The van der Waals surface area contributed by atoms with Crippen molar-refractivity contribution in [2.24, 2.45) is 23.2 Å². The van der Waals surface area contributed by atoms with Gasteiger partial charge in [0, 0.05) is 44.1 Å². The first-order valence-electron chi connectivity index (χ1n) is 14.4. The second-order valence-corrected chi connectivity index (χ2v) is 12.6. The number of carbonyl (C=O) groups is 1. The maximum absolute atomic E-state index is 13.2. The number of piperazine rings is 1. The molecule has 1 spiro atoms. The average Bonchev–Trinajstić information content (AvgIpc) is 3.60. The fourth-order valence-electron chi connectivity index (χ4n) is 8.81. The Bertz CT molecular complexity index is 1090. The SMILES string of the molecule is C[C@H]1CCC[C@]2(C)C[C@H]3OC(=O)[C@H](CN4CCN(C(c5ccccc5)c5ccccc5)CC4)[C@H]3[C@@H]3O[C@@]132. The highest BCUT2D eigenvalue weighted by Crippen LogP contribution is 2.70. The highest BCUT2D eigenvalue weighted by atomic mass is 16.6. The Morgan fingerprint density at radius 1 is 0.973 bits per heavy atom. The van der Waals surface area contributed by atoms with Crippen LogP contribution in [0, 0.1) is 23.2 Å². The molecule has 5 aliphatic rings. The van der Waals surface area contributed by atoms with E-state index in [9.17, 15) is 4.79 Å². The van der Waals surface area contributed by atoms with Gasteiger partial charge in [-0.2, -0.15) is 0 Å². The molecular formula is C32H40N2O3. The summed E-state index contributed by atoms with van der Waals surface area (Å²) in [5.41, 5.74) is 2.82. The van der Waals surface area contributed by atoms with Crippen LogP contribution >= 0.6 is 0 Å². The van der Waals surface area contributed by atoms with E-state index < -0.39 is 0 Å². The van der Waals surface area contributed by atoms with Crippen LogP contribution in [0.4, 0.5) is 0 Å². The largest absolute Gasteiger partial charge is 0.462 e. The van der Waals surface area contributed by atoms with E-state index in [4.69, 9.17) is 9.47 Å². The highest BCUT2D eigenvalue weighted by Gasteiger charge is 2.78. The lowest BCUT2D eigenvalue weighted by atomic mass is 9.53. The smallest absolute Gasteiger partial charge is 0.311 e. The first kappa shape index (κ1) is 23.9. The summed E-state index contributed by atoms with van der Waals surface area (Å²) < 4.78 is 12.7. The van der Waals surface area contributed by atoms with Gasteiger partial charge in [0.2, 0.25) is 0 Å². The maximum Gasteiger partial charge on any atom is 0.311 e. The van der Waals surface area contributed by atoms with E-state index in [1.807, 2.05) is 0 Å². The summed E-state index contributed by atoms with van der Waals surface area (Å²) in [6.45, 7) is 9.50. The van der Waals surface area contributed by atoms with Crippen molar-refractivity contribution < 1.29 is 14.3 Å². The Morgan fingerprint density at radius 3 is 2.27 bits per heavy atom. The minimum absolute atomic E-state index is 0.0179. The van der Waals surface area contributed by atoms with Crippen molar-refractivity contribution in [3.05, 3.63) is 71.8 Å². The molecule has 37 heavy (non-hydrogen) atoms. The van der Waals surface area contributed by atoms with Crippen molar-refractivity contribution in [2.45, 2.75) is 63.4 Å². The van der Waals surface area contributed by atoms with E-state index in [1.165, 1.54) is 30.4 Å². The Morgan fingerprint density at radius 2 is 1.62 bits per heavy atom. The van der Waals surface area contributed by atoms with Crippen LogP contribution in [-0.2, 0) is 14.3 Å². The second kappa shape index (κ2) is 8.93. The summed E-state index contributed by atoms with van der Waals surface area (Å²) in [5.74, 6) is 0.758. The van der Waals surface area contributed by atoms with Gasteiger partial charge in [0.15, 0.2) is 0 Å². The lowest BCUT2D eigenvalue weighted by Gasteiger charge is -2.49. The van der Waals surface area contributed by atoms with Gasteiger partial charge in [0.1, 0.15) is 11.7 Å². The topological polar surface area (TPSA) is 45.3 Å². The van der Waals surface area contributed by atoms with Crippen molar-refractivity contribution >= 4 is 5.97 Å². The molecular weight excluding hydrogens is 460 g/mol.